The maximum atomic E-state index is 5.89. The number of aryl methyl sites for hydroxylation is 1. The molecular weight excluding hydrogens is 238 g/mol. The SMILES string of the molecule is CCOC1CCCN(c2cc(C)nc(Cl)n2)C1. The molecule has 0 aliphatic carbocycles. The number of anilines is 1. The minimum Gasteiger partial charge on any atom is -0.377 e. The number of rotatable bonds is 3. The second kappa shape index (κ2) is 5.65. The Morgan fingerprint density at radius 3 is 3.06 bits per heavy atom. The van der Waals surface area contributed by atoms with Gasteiger partial charge in [-0.3, -0.25) is 0 Å². The van der Waals surface area contributed by atoms with Crippen molar-refractivity contribution in [1.82, 2.24) is 9.97 Å². The first kappa shape index (κ1) is 12.6. The molecule has 17 heavy (non-hydrogen) atoms. The van der Waals surface area contributed by atoms with Crippen LogP contribution in [-0.4, -0.2) is 35.8 Å². The Morgan fingerprint density at radius 1 is 1.53 bits per heavy atom. The number of ether oxygens (including phenoxy) is 1. The van der Waals surface area contributed by atoms with Gasteiger partial charge in [-0.1, -0.05) is 0 Å². The van der Waals surface area contributed by atoms with Crippen LogP contribution in [0.2, 0.25) is 5.28 Å². The van der Waals surface area contributed by atoms with Crippen LogP contribution in [0.5, 0.6) is 0 Å². The zero-order valence-corrected chi connectivity index (χ0v) is 11.1. The predicted molar refractivity (Wildman–Crippen MR) is 68.6 cm³/mol. The molecule has 0 spiro atoms. The lowest BCUT2D eigenvalue weighted by atomic mass is 10.1. The Balaban J connectivity index is 2.10. The summed E-state index contributed by atoms with van der Waals surface area (Å²) in [6.45, 7) is 6.63. The molecule has 0 bridgehead atoms. The van der Waals surface area contributed by atoms with Crippen LogP contribution >= 0.6 is 11.6 Å². The Morgan fingerprint density at radius 2 is 2.35 bits per heavy atom. The fraction of sp³-hybridized carbons (Fsp3) is 0.667. The van der Waals surface area contributed by atoms with E-state index in [9.17, 15) is 0 Å². The van der Waals surface area contributed by atoms with Crippen molar-refractivity contribution in [3.8, 4) is 0 Å². The third kappa shape index (κ3) is 3.30. The summed E-state index contributed by atoms with van der Waals surface area (Å²) >= 11 is 5.89. The van der Waals surface area contributed by atoms with Crippen LogP contribution in [0.1, 0.15) is 25.5 Å². The first-order chi connectivity index (χ1) is 8.19. The minimum absolute atomic E-state index is 0.308. The molecule has 5 heteroatoms. The molecule has 4 nitrogen and oxygen atoms in total. The van der Waals surface area contributed by atoms with E-state index in [2.05, 4.69) is 14.9 Å². The van der Waals surface area contributed by atoms with E-state index in [1.807, 2.05) is 19.9 Å². The number of halogens is 1. The highest BCUT2D eigenvalue weighted by Crippen LogP contribution is 2.21. The lowest BCUT2D eigenvalue weighted by Crippen LogP contribution is -2.40. The predicted octanol–water partition coefficient (Wildman–Crippen LogP) is 2.44. The molecule has 1 aliphatic heterocycles. The van der Waals surface area contributed by atoms with E-state index in [0.29, 0.717) is 11.4 Å². The number of piperidine rings is 1. The normalized spacial score (nSPS) is 20.6. The van der Waals surface area contributed by atoms with Crippen LogP contribution < -0.4 is 4.90 Å². The van der Waals surface area contributed by atoms with Gasteiger partial charge in [0.25, 0.3) is 0 Å². The van der Waals surface area contributed by atoms with Crippen LogP contribution in [0.25, 0.3) is 0 Å². The largest absolute Gasteiger partial charge is 0.377 e. The molecule has 1 fully saturated rings. The van der Waals surface area contributed by atoms with Crippen molar-refractivity contribution >= 4 is 17.4 Å². The van der Waals surface area contributed by atoms with E-state index >= 15 is 0 Å². The van der Waals surface area contributed by atoms with Crippen molar-refractivity contribution in [3.63, 3.8) is 0 Å². The fourth-order valence-electron chi connectivity index (χ4n) is 2.20. The molecule has 1 aliphatic rings. The molecule has 2 heterocycles. The van der Waals surface area contributed by atoms with Gasteiger partial charge >= 0.3 is 0 Å². The average molecular weight is 256 g/mol. The Kier molecular flexibility index (Phi) is 4.18. The summed E-state index contributed by atoms with van der Waals surface area (Å²) in [5, 5.41) is 0.318. The number of hydrogen-bond acceptors (Lipinski definition) is 4. The highest BCUT2D eigenvalue weighted by molar-refractivity contribution is 6.28. The topological polar surface area (TPSA) is 38.2 Å². The standard InChI is InChI=1S/C12H18ClN3O/c1-3-17-10-5-4-6-16(8-10)11-7-9(2)14-12(13)15-11/h7,10H,3-6,8H2,1-2H3. The van der Waals surface area contributed by atoms with Crippen molar-refractivity contribution in [1.29, 1.82) is 0 Å². The summed E-state index contributed by atoms with van der Waals surface area (Å²) in [5.74, 6) is 0.909. The first-order valence-corrected chi connectivity index (χ1v) is 6.44. The zero-order valence-electron chi connectivity index (χ0n) is 10.3. The van der Waals surface area contributed by atoms with Gasteiger partial charge in [0, 0.05) is 31.5 Å². The molecule has 0 saturated carbocycles. The Bertz CT molecular complexity index is 364. The average Bonchev–Trinajstić information content (AvgIpc) is 2.28. The maximum absolute atomic E-state index is 5.89. The summed E-state index contributed by atoms with van der Waals surface area (Å²) in [4.78, 5) is 10.6. The molecular formula is C12H18ClN3O. The van der Waals surface area contributed by atoms with Gasteiger partial charge in [-0.05, 0) is 38.3 Å². The van der Waals surface area contributed by atoms with Gasteiger partial charge in [0.15, 0.2) is 0 Å². The lowest BCUT2D eigenvalue weighted by molar-refractivity contribution is 0.0525. The van der Waals surface area contributed by atoms with Crippen molar-refractivity contribution in [2.45, 2.75) is 32.8 Å². The maximum Gasteiger partial charge on any atom is 0.224 e. The summed E-state index contributed by atoms with van der Waals surface area (Å²) in [7, 11) is 0. The van der Waals surface area contributed by atoms with E-state index in [-0.39, 0.29) is 0 Å². The second-order valence-electron chi connectivity index (χ2n) is 4.30. The number of aromatic nitrogens is 2. The van der Waals surface area contributed by atoms with Crippen molar-refractivity contribution in [2.75, 3.05) is 24.6 Å². The van der Waals surface area contributed by atoms with Gasteiger partial charge < -0.3 is 9.64 Å². The van der Waals surface area contributed by atoms with Crippen LogP contribution in [0.15, 0.2) is 6.07 Å². The molecule has 0 N–H and O–H groups in total. The molecule has 1 aromatic heterocycles. The monoisotopic (exact) mass is 255 g/mol. The van der Waals surface area contributed by atoms with E-state index in [0.717, 1.165) is 44.0 Å². The smallest absolute Gasteiger partial charge is 0.224 e. The van der Waals surface area contributed by atoms with Gasteiger partial charge in [0.2, 0.25) is 5.28 Å². The molecule has 2 rings (SSSR count). The van der Waals surface area contributed by atoms with Gasteiger partial charge in [0.05, 0.1) is 6.10 Å². The molecule has 1 saturated heterocycles. The number of hydrogen-bond donors (Lipinski definition) is 0. The third-order valence-electron chi connectivity index (χ3n) is 2.92. The van der Waals surface area contributed by atoms with Gasteiger partial charge in [-0.15, -0.1) is 0 Å². The molecule has 0 aromatic carbocycles. The highest BCUT2D eigenvalue weighted by atomic mass is 35.5. The van der Waals surface area contributed by atoms with E-state index in [1.165, 1.54) is 0 Å². The summed E-state index contributed by atoms with van der Waals surface area (Å²) in [5.41, 5.74) is 0.901. The molecule has 0 amide bonds. The van der Waals surface area contributed by atoms with Gasteiger partial charge in [-0.25, -0.2) is 9.97 Å². The minimum atomic E-state index is 0.308. The molecule has 1 unspecified atom stereocenters. The van der Waals surface area contributed by atoms with Gasteiger partial charge in [-0.2, -0.15) is 0 Å². The first-order valence-electron chi connectivity index (χ1n) is 6.06. The van der Waals surface area contributed by atoms with Crippen molar-refractivity contribution < 1.29 is 4.74 Å². The summed E-state index contributed by atoms with van der Waals surface area (Å²) < 4.78 is 5.68. The highest BCUT2D eigenvalue weighted by Gasteiger charge is 2.21. The molecule has 1 atom stereocenters. The van der Waals surface area contributed by atoms with Crippen LogP contribution in [0.4, 0.5) is 5.82 Å². The lowest BCUT2D eigenvalue weighted by Gasteiger charge is -2.33. The summed E-state index contributed by atoms with van der Waals surface area (Å²) in [6, 6.07) is 1.97. The van der Waals surface area contributed by atoms with Crippen molar-refractivity contribution in [2.24, 2.45) is 0 Å². The van der Waals surface area contributed by atoms with Crippen molar-refractivity contribution in [3.05, 3.63) is 17.0 Å². The molecule has 1 aromatic rings. The molecule has 94 valence electrons. The van der Waals surface area contributed by atoms with Crippen LogP contribution in [-0.2, 0) is 4.74 Å². The van der Waals surface area contributed by atoms with E-state index < -0.39 is 0 Å². The van der Waals surface area contributed by atoms with Gasteiger partial charge in [0.1, 0.15) is 5.82 Å². The second-order valence-corrected chi connectivity index (χ2v) is 4.64. The quantitative estimate of drug-likeness (QED) is 0.778. The Hall–Kier alpha value is -0.870. The van der Waals surface area contributed by atoms with E-state index in [4.69, 9.17) is 16.3 Å². The molecule has 0 radical (unpaired) electrons. The zero-order chi connectivity index (χ0) is 12.3. The van der Waals surface area contributed by atoms with Crippen LogP contribution in [0, 0.1) is 6.92 Å². The third-order valence-corrected chi connectivity index (χ3v) is 3.09. The summed E-state index contributed by atoms with van der Waals surface area (Å²) in [6.07, 6.45) is 2.57. The number of nitrogens with zero attached hydrogens (tertiary/aromatic N) is 3. The van der Waals surface area contributed by atoms with E-state index in [1.54, 1.807) is 0 Å². The Labute approximate surface area is 107 Å². The van der Waals surface area contributed by atoms with Crippen LogP contribution in [0.3, 0.4) is 0 Å². The fourth-order valence-corrected chi connectivity index (χ4v) is 2.42.